The van der Waals surface area contributed by atoms with Crippen molar-refractivity contribution in [3.05, 3.63) is 108 Å². The second kappa shape index (κ2) is 12.0. The number of carbonyl (C=O) groups excluding carboxylic acids is 1. The largest absolute Gasteiger partial charge is 0.473 e. The highest BCUT2D eigenvalue weighted by Gasteiger charge is 2.37. The molecule has 1 spiro atoms. The van der Waals surface area contributed by atoms with Gasteiger partial charge in [0.05, 0.1) is 0 Å². The summed E-state index contributed by atoms with van der Waals surface area (Å²) in [7, 11) is 0. The second-order valence-electron chi connectivity index (χ2n) is 11.1. The fourth-order valence-corrected chi connectivity index (χ4v) is 5.94. The van der Waals surface area contributed by atoms with Crippen LogP contribution in [0.4, 0.5) is 5.69 Å². The third kappa shape index (κ3) is 6.20. The SMILES string of the molecule is O=C1CCC2(CC1)CCN(c1ccc(-c3ccc(OCc4ccccc4)nc3OCc3ccccc3)cc1)CC2. The van der Waals surface area contributed by atoms with Crippen molar-refractivity contribution in [2.45, 2.75) is 51.7 Å². The first kappa shape index (κ1) is 26.1. The van der Waals surface area contributed by atoms with Crippen molar-refractivity contribution in [1.82, 2.24) is 4.98 Å². The van der Waals surface area contributed by atoms with Crippen molar-refractivity contribution < 1.29 is 14.3 Å². The summed E-state index contributed by atoms with van der Waals surface area (Å²) in [6.07, 6.45) is 6.04. The Labute approximate surface area is 236 Å². The smallest absolute Gasteiger partial charge is 0.225 e. The van der Waals surface area contributed by atoms with Crippen LogP contribution in [0, 0.1) is 5.41 Å². The molecule has 1 saturated heterocycles. The molecule has 3 aromatic carbocycles. The summed E-state index contributed by atoms with van der Waals surface area (Å²) in [5.74, 6) is 1.55. The van der Waals surface area contributed by atoms with E-state index in [4.69, 9.17) is 14.5 Å². The quantitative estimate of drug-likeness (QED) is 0.233. The van der Waals surface area contributed by atoms with E-state index in [0.717, 1.165) is 61.0 Å². The molecular weight excluding hydrogens is 496 g/mol. The van der Waals surface area contributed by atoms with Gasteiger partial charge in [-0.15, -0.1) is 0 Å². The number of ketones is 1. The van der Waals surface area contributed by atoms with E-state index in [-0.39, 0.29) is 0 Å². The fourth-order valence-electron chi connectivity index (χ4n) is 5.94. The van der Waals surface area contributed by atoms with Crippen LogP contribution in [0.15, 0.2) is 97.1 Å². The van der Waals surface area contributed by atoms with Crippen LogP contribution in [0.1, 0.15) is 49.7 Å². The topological polar surface area (TPSA) is 51.7 Å². The third-order valence-corrected chi connectivity index (χ3v) is 8.52. The molecule has 0 unspecified atom stereocenters. The predicted molar refractivity (Wildman–Crippen MR) is 159 cm³/mol. The monoisotopic (exact) mass is 532 g/mol. The van der Waals surface area contributed by atoms with E-state index in [0.29, 0.717) is 36.2 Å². The maximum Gasteiger partial charge on any atom is 0.225 e. The minimum Gasteiger partial charge on any atom is -0.473 e. The Balaban J connectivity index is 1.17. The van der Waals surface area contributed by atoms with Crippen molar-refractivity contribution in [1.29, 1.82) is 0 Å². The summed E-state index contributed by atoms with van der Waals surface area (Å²) in [5.41, 5.74) is 5.81. The second-order valence-corrected chi connectivity index (χ2v) is 11.1. The molecule has 2 fully saturated rings. The average Bonchev–Trinajstić information content (AvgIpc) is 3.02. The maximum absolute atomic E-state index is 11.7. The molecule has 40 heavy (non-hydrogen) atoms. The van der Waals surface area contributed by atoms with Crippen LogP contribution in [-0.2, 0) is 18.0 Å². The van der Waals surface area contributed by atoms with E-state index in [1.165, 1.54) is 18.5 Å². The number of rotatable bonds is 8. The molecule has 1 aromatic heterocycles. The van der Waals surface area contributed by atoms with Gasteiger partial charge in [-0.1, -0.05) is 72.8 Å². The molecule has 2 heterocycles. The van der Waals surface area contributed by atoms with Gasteiger partial charge < -0.3 is 14.4 Å². The standard InChI is InChI=1S/C35H36N2O3/c38-31-17-19-35(20-18-31)21-23-37(24-22-35)30-13-11-29(12-14-30)32-15-16-33(39-25-27-7-3-1-4-8-27)36-34(32)40-26-28-9-5-2-6-10-28/h1-16H,17-26H2. The lowest BCUT2D eigenvalue weighted by Crippen LogP contribution is -2.42. The molecule has 0 atom stereocenters. The number of aromatic nitrogens is 1. The van der Waals surface area contributed by atoms with Gasteiger partial charge in [-0.3, -0.25) is 4.79 Å². The van der Waals surface area contributed by atoms with E-state index in [1.807, 2.05) is 60.7 Å². The minimum atomic E-state index is 0.380. The molecule has 1 aliphatic heterocycles. The van der Waals surface area contributed by atoms with E-state index >= 15 is 0 Å². The normalized spacial score (nSPS) is 16.6. The highest BCUT2D eigenvalue weighted by atomic mass is 16.5. The number of hydrogen-bond donors (Lipinski definition) is 0. The van der Waals surface area contributed by atoms with Gasteiger partial charge in [0.15, 0.2) is 0 Å². The number of anilines is 1. The molecule has 1 aliphatic carbocycles. The molecule has 204 valence electrons. The van der Waals surface area contributed by atoms with Gasteiger partial charge in [0.25, 0.3) is 0 Å². The van der Waals surface area contributed by atoms with Gasteiger partial charge in [0, 0.05) is 43.2 Å². The van der Waals surface area contributed by atoms with Crippen LogP contribution < -0.4 is 14.4 Å². The first-order valence-corrected chi connectivity index (χ1v) is 14.4. The van der Waals surface area contributed by atoms with E-state index in [9.17, 15) is 4.79 Å². The molecule has 4 aromatic rings. The van der Waals surface area contributed by atoms with Crippen LogP contribution in [0.5, 0.6) is 11.8 Å². The molecule has 1 saturated carbocycles. The lowest BCUT2D eigenvalue weighted by Gasteiger charge is -2.44. The van der Waals surface area contributed by atoms with Gasteiger partial charge >= 0.3 is 0 Å². The molecule has 0 N–H and O–H groups in total. The zero-order valence-corrected chi connectivity index (χ0v) is 22.9. The molecule has 0 bridgehead atoms. The maximum atomic E-state index is 11.7. The van der Waals surface area contributed by atoms with Gasteiger partial charge in [-0.2, -0.15) is 4.98 Å². The lowest BCUT2D eigenvalue weighted by molar-refractivity contribution is -0.122. The van der Waals surface area contributed by atoms with Gasteiger partial charge in [-0.25, -0.2) is 0 Å². The van der Waals surface area contributed by atoms with E-state index < -0.39 is 0 Å². The van der Waals surface area contributed by atoms with Crippen molar-refractivity contribution >= 4 is 11.5 Å². The molecule has 0 radical (unpaired) electrons. The van der Waals surface area contributed by atoms with E-state index in [2.05, 4.69) is 41.3 Å². The van der Waals surface area contributed by atoms with Crippen LogP contribution in [0.3, 0.4) is 0 Å². The molecule has 6 rings (SSSR count). The summed E-state index contributed by atoms with van der Waals surface area (Å²) in [6.45, 7) is 2.98. The Morgan fingerprint density at radius 1 is 0.675 bits per heavy atom. The Kier molecular flexibility index (Phi) is 7.80. The number of hydrogen-bond acceptors (Lipinski definition) is 5. The minimum absolute atomic E-state index is 0.380. The van der Waals surface area contributed by atoms with Crippen LogP contribution in [0.2, 0.25) is 0 Å². The highest BCUT2D eigenvalue weighted by molar-refractivity contribution is 5.79. The first-order chi connectivity index (χ1) is 19.7. The third-order valence-electron chi connectivity index (χ3n) is 8.52. The average molecular weight is 533 g/mol. The number of pyridine rings is 1. The zero-order chi connectivity index (χ0) is 27.2. The van der Waals surface area contributed by atoms with Crippen molar-refractivity contribution in [3.63, 3.8) is 0 Å². The Morgan fingerprint density at radius 2 is 1.27 bits per heavy atom. The molecule has 0 amide bonds. The van der Waals surface area contributed by atoms with Crippen LogP contribution in [0.25, 0.3) is 11.1 Å². The predicted octanol–water partition coefficient (Wildman–Crippen LogP) is 7.64. The Bertz CT molecular complexity index is 1400. The molecule has 5 heteroatoms. The summed E-state index contributed by atoms with van der Waals surface area (Å²) in [4.78, 5) is 19.0. The van der Waals surface area contributed by atoms with Gasteiger partial charge in [0.1, 0.15) is 19.0 Å². The van der Waals surface area contributed by atoms with Gasteiger partial charge in [0.2, 0.25) is 11.8 Å². The molecule has 2 aliphatic rings. The van der Waals surface area contributed by atoms with Crippen molar-refractivity contribution in [2.24, 2.45) is 5.41 Å². The van der Waals surface area contributed by atoms with Gasteiger partial charge in [-0.05, 0) is 66.0 Å². The summed E-state index contributed by atoms with van der Waals surface area (Å²) >= 11 is 0. The highest BCUT2D eigenvalue weighted by Crippen LogP contribution is 2.44. The van der Waals surface area contributed by atoms with E-state index in [1.54, 1.807) is 0 Å². The summed E-state index contributed by atoms with van der Waals surface area (Å²) in [6, 6.07) is 32.9. The first-order valence-electron chi connectivity index (χ1n) is 14.4. The van der Waals surface area contributed by atoms with Crippen LogP contribution in [-0.4, -0.2) is 23.9 Å². The van der Waals surface area contributed by atoms with Crippen molar-refractivity contribution in [2.75, 3.05) is 18.0 Å². The number of ether oxygens (including phenoxy) is 2. The van der Waals surface area contributed by atoms with Crippen LogP contribution >= 0.6 is 0 Å². The Morgan fingerprint density at radius 3 is 1.90 bits per heavy atom. The number of nitrogens with zero attached hydrogens (tertiary/aromatic N) is 2. The lowest BCUT2D eigenvalue weighted by atomic mass is 9.68. The zero-order valence-electron chi connectivity index (χ0n) is 22.9. The van der Waals surface area contributed by atoms with Crippen molar-refractivity contribution in [3.8, 4) is 22.9 Å². The number of carbonyl (C=O) groups is 1. The number of piperidine rings is 1. The molecular formula is C35H36N2O3. The summed E-state index contributed by atoms with van der Waals surface area (Å²) in [5, 5.41) is 0. The number of benzene rings is 3. The number of Topliss-reactive ketones (excluding diaryl/α,β-unsaturated/α-hetero) is 1. The fraction of sp³-hybridized carbons (Fsp3) is 0.314. The molecule has 5 nitrogen and oxygen atoms in total. The summed E-state index contributed by atoms with van der Waals surface area (Å²) < 4.78 is 12.3. The Hall–Kier alpha value is -4.12.